The summed E-state index contributed by atoms with van der Waals surface area (Å²) in [4.78, 5) is 0. The summed E-state index contributed by atoms with van der Waals surface area (Å²) < 4.78 is 0. The van der Waals surface area contributed by atoms with Gasteiger partial charge in [-0.2, -0.15) is 0 Å². The van der Waals surface area contributed by atoms with Crippen molar-refractivity contribution in [3.8, 4) is 0 Å². The fraction of sp³-hybridized carbons (Fsp3) is 0.571. The number of hydrogen-bond donors (Lipinski definition) is 1. The second-order valence-electron chi connectivity index (χ2n) is 1.90. The predicted molar refractivity (Wildman–Crippen MR) is 42.5 cm³/mol. The van der Waals surface area contributed by atoms with Gasteiger partial charge in [-0.1, -0.05) is 6.08 Å². The number of allylic oxidation sites excluding steroid dienone is 1. The van der Waals surface area contributed by atoms with E-state index in [-0.39, 0.29) is 5.38 Å². The fourth-order valence-corrected chi connectivity index (χ4v) is 0.695. The molecule has 1 N–H and O–H groups in total. The van der Waals surface area contributed by atoms with Crippen LogP contribution in [-0.4, -0.2) is 11.6 Å². The molecule has 0 saturated carbocycles. The van der Waals surface area contributed by atoms with Gasteiger partial charge in [0.1, 0.15) is 0 Å². The van der Waals surface area contributed by atoms with Crippen molar-refractivity contribution in [1.82, 2.24) is 0 Å². The number of unbranched alkanes of at least 4 members (excludes halogenated alkanes) is 1. The van der Waals surface area contributed by atoms with Crippen molar-refractivity contribution in [2.45, 2.75) is 24.6 Å². The van der Waals surface area contributed by atoms with E-state index in [9.17, 15) is 0 Å². The quantitative estimate of drug-likeness (QED) is 0.266. The second-order valence-corrected chi connectivity index (χ2v) is 2.46. The van der Waals surface area contributed by atoms with E-state index >= 15 is 0 Å². The van der Waals surface area contributed by atoms with Gasteiger partial charge in [-0.3, -0.25) is 0 Å². The van der Waals surface area contributed by atoms with Crippen LogP contribution in [0.4, 0.5) is 0 Å². The van der Waals surface area contributed by atoms with Crippen LogP contribution in [0, 0.1) is 5.41 Å². The number of alkyl halides is 1. The van der Waals surface area contributed by atoms with E-state index in [0.29, 0.717) is 0 Å². The Morgan fingerprint density at radius 1 is 1.67 bits per heavy atom. The molecule has 1 nitrogen and oxygen atoms in total. The summed E-state index contributed by atoms with van der Waals surface area (Å²) in [5.41, 5.74) is 0. The Balaban J connectivity index is 3.05. The van der Waals surface area contributed by atoms with Crippen molar-refractivity contribution < 1.29 is 0 Å². The first-order valence-corrected chi connectivity index (χ1v) is 3.50. The first-order chi connectivity index (χ1) is 4.31. The highest BCUT2D eigenvalue weighted by Crippen LogP contribution is 2.04. The molecule has 0 aliphatic heterocycles. The van der Waals surface area contributed by atoms with Crippen LogP contribution in [-0.2, 0) is 0 Å². The standard InChI is InChI=1S/C7H12ClN/c1-2-3-4-5-7(8)6-9/h2,6-7,9H,1,3-5H2. The number of nitrogens with one attached hydrogen (secondary N) is 1. The highest BCUT2D eigenvalue weighted by molar-refractivity contribution is 6.27. The lowest BCUT2D eigenvalue weighted by molar-refractivity contribution is 0.787. The van der Waals surface area contributed by atoms with Crippen molar-refractivity contribution >= 4 is 17.8 Å². The maximum atomic E-state index is 6.76. The largest absolute Gasteiger partial charge is 0.312 e. The number of hydrogen-bond acceptors (Lipinski definition) is 1. The minimum atomic E-state index is -0.0788. The molecule has 0 fully saturated rings. The fourth-order valence-electron chi connectivity index (χ4n) is 0.541. The smallest absolute Gasteiger partial charge is 0.0681 e. The van der Waals surface area contributed by atoms with Crippen molar-refractivity contribution in [3.05, 3.63) is 12.7 Å². The van der Waals surface area contributed by atoms with Crippen LogP contribution < -0.4 is 0 Å². The van der Waals surface area contributed by atoms with Gasteiger partial charge >= 0.3 is 0 Å². The van der Waals surface area contributed by atoms with Crippen LogP contribution in [0.3, 0.4) is 0 Å². The lowest BCUT2D eigenvalue weighted by Gasteiger charge is -1.98. The minimum Gasteiger partial charge on any atom is -0.312 e. The normalized spacial score (nSPS) is 12.6. The first kappa shape index (κ1) is 8.70. The van der Waals surface area contributed by atoms with Gasteiger partial charge in [-0.15, -0.1) is 18.2 Å². The van der Waals surface area contributed by atoms with Gasteiger partial charge < -0.3 is 5.41 Å². The van der Waals surface area contributed by atoms with E-state index in [0.717, 1.165) is 19.3 Å². The molecule has 1 unspecified atom stereocenters. The van der Waals surface area contributed by atoms with E-state index in [1.165, 1.54) is 6.21 Å². The Labute approximate surface area is 61.2 Å². The molecule has 0 heterocycles. The Kier molecular flexibility index (Phi) is 5.64. The Hall–Kier alpha value is -0.300. The van der Waals surface area contributed by atoms with Crippen LogP contribution in [0.25, 0.3) is 0 Å². The van der Waals surface area contributed by atoms with Crippen LogP contribution >= 0.6 is 11.6 Å². The van der Waals surface area contributed by atoms with Crippen LogP contribution in [0.15, 0.2) is 12.7 Å². The molecule has 0 aliphatic carbocycles. The van der Waals surface area contributed by atoms with Gasteiger partial charge in [0, 0.05) is 6.21 Å². The molecule has 0 aliphatic rings. The molecule has 1 atom stereocenters. The molecule has 0 radical (unpaired) electrons. The summed E-state index contributed by atoms with van der Waals surface area (Å²) in [6, 6.07) is 0. The van der Waals surface area contributed by atoms with Gasteiger partial charge in [-0.05, 0) is 19.3 Å². The summed E-state index contributed by atoms with van der Waals surface area (Å²) in [5.74, 6) is 0. The zero-order valence-corrected chi connectivity index (χ0v) is 6.19. The molecule has 0 aromatic rings. The predicted octanol–water partition coefficient (Wildman–Crippen LogP) is 2.60. The van der Waals surface area contributed by atoms with Crippen molar-refractivity contribution in [1.29, 1.82) is 5.41 Å². The lowest BCUT2D eigenvalue weighted by atomic mass is 10.2. The molecule has 2 heteroatoms. The third-order valence-corrected chi connectivity index (χ3v) is 1.41. The second kappa shape index (κ2) is 5.83. The summed E-state index contributed by atoms with van der Waals surface area (Å²) in [5, 5.41) is 6.68. The zero-order chi connectivity index (χ0) is 7.11. The Morgan fingerprint density at radius 2 is 2.33 bits per heavy atom. The minimum absolute atomic E-state index is 0.0788. The highest BCUT2D eigenvalue weighted by Gasteiger charge is 1.96. The van der Waals surface area contributed by atoms with Gasteiger partial charge in [0.2, 0.25) is 0 Å². The topological polar surface area (TPSA) is 23.9 Å². The summed E-state index contributed by atoms with van der Waals surface area (Å²) >= 11 is 5.62. The van der Waals surface area contributed by atoms with Crippen molar-refractivity contribution in [2.75, 3.05) is 0 Å². The molecule has 0 rings (SSSR count). The molecular weight excluding hydrogens is 134 g/mol. The van der Waals surface area contributed by atoms with Crippen molar-refractivity contribution in [3.63, 3.8) is 0 Å². The number of rotatable bonds is 5. The van der Waals surface area contributed by atoms with Gasteiger partial charge in [0.15, 0.2) is 0 Å². The highest BCUT2D eigenvalue weighted by atomic mass is 35.5. The van der Waals surface area contributed by atoms with Gasteiger partial charge in [0.05, 0.1) is 5.38 Å². The van der Waals surface area contributed by atoms with E-state index in [2.05, 4.69) is 6.58 Å². The van der Waals surface area contributed by atoms with Gasteiger partial charge in [-0.25, -0.2) is 0 Å². The molecule has 0 aromatic heterocycles. The summed E-state index contributed by atoms with van der Waals surface area (Å²) in [6.07, 6.45) is 6.05. The average Bonchev–Trinajstić information content (AvgIpc) is 1.89. The van der Waals surface area contributed by atoms with E-state index in [4.69, 9.17) is 17.0 Å². The lowest BCUT2D eigenvalue weighted by Crippen LogP contribution is -1.97. The average molecular weight is 146 g/mol. The van der Waals surface area contributed by atoms with Gasteiger partial charge in [0.25, 0.3) is 0 Å². The Morgan fingerprint density at radius 3 is 2.78 bits per heavy atom. The van der Waals surface area contributed by atoms with Crippen molar-refractivity contribution in [2.24, 2.45) is 0 Å². The molecule has 0 amide bonds. The van der Waals surface area contributed by atoms with E-state index in [1.807, 2.05) is 6.08 Å². The Bertz CT molecular complexity index is 90.9. The molecule has 52 valence electrons. The third-order valence-electron chi connectivity index (χ3n) is 1.07. The molecular formula is C7H12ClN. The molecule has 0 aromatic carbocycles. The van der Waals surface area contributed by atoms with E-state index < -0.39 is 0 Å². The van der Waals surface area contributed by atoms with E-state index in [1.54, 1.807) is 0 Å². The maximum absolute atomic E-state index is 6.76. The monoisotopic (exact) mass is 145 g/mol. The molecule has 0 spiro atoms. The zero-order valence-electron chi connectivity index (χ0n) is 5.44. The first-order valence-electron chi connectivity index (χ1n) is 3.06. The summed E-state index contributed by atoms with van der Waals surface area (Å²) in [6.45, 7) is 3.58. The maximum Gasteiger partial charge on any atom is 0.0681 e. The third kappa shape index (κ3) is 5.57. The van der Waals surface area contributed by atoms with Crippen LogP contribution in [0.5, 0.6) is 0 Å². The van der Waals surface area contributed by atoms with Crippen LogP contribution in [0.2, 0.25) is 0 Å². The molecule has 0 saturated heterocycles. The summed E-state index contributed by atoms with van der Waals surface area (Å²) in [7, 11) is 0. The number of halogens is 1. The molecule has 9 heavy (non-hydrogen) atoms. The SMILES string of the molecule is C=CCCCC(Cl)C=N. The molecule has 0 bridgehead atoms. The van der Waals surface area contributed by atoms with Crippen LogP contribution in [0.1, 0.15) is 19.3 Å².